The summed E-state index contributed by atoms with van der Waals surface area (Å²) in [6.45, 7) is 1.78. The van der Waals surface area contributed by atoms with Gasteiger partial charge in [-0.25, -0.2) is 8.42 Å². The van der Waals surface area contributed by atoms with Crippen molar-refractivity contribution in [3.8, 4) is 0 Å². The molecule has 7 heteroatoms. The van der Waals surface area contributed by atoms with E-state index in [2.05, 4.69) is 6.07 Å². The molecule has 0 aliphatic heterocycles. The Labute approximate surface area is 117 Å². The van der Waals surface area contributed by atoms with Crippen molar-refractivity contribution in [3.05, 3.63) is 60.2 Å². The number of aryl methyl sites for hydroxylation is 1. The van der Waals surface area contributed by atoms with E-state index in [1.54, 1.807) is 19.1 Å². The monoisotopic (exact) mass is 310 g/mol. The predicted molar refractivity (Wildman–Crippen MR) is 76.2 cm³/mol. The van der Waals surface area contributed by atoms with E-state index in [1.807, 2.05) is 4.72 Å². The molecule has 0 aliphatic rings. The van der Waals surface area contributed by atoms with Gasteiger partial charge in [-0.3, -0.25) is 4.72 Å². The van der Waals surface area contributed by atoms with Crippen LogP contribution in [0, 0.1) is 13.0 Å². The zero-order chi connectivity index (χ0) is 14.8. The number of hydrogen-bond donors (Lipinski definition) is 1. The average Bonchev–Trinajstić information content (AvgIpc) is 2.39. The first-order valence-electron chi connectivity index (χ1n) is 5.64. The lowest BCUT2D eigenvalue weighted by Crippen LogP contribution is -2.23. The van der Waals surface area contributed by atoms with E-state index in [1.165, 1.54) is 36.4 Å². The Bertz CT molecular complexity index is 795. The van der Waals surface area contributed by atoms with E-state index in [4.69, 9.17) is 0 Å². The molecular formula is C13H12NO4S2. The Balaban J connectivity index is 2.40. The van der Waals surface area contributed by atoms with Crippen LogP contribution in [0.15, 0.2) is 53.4 Å². The lowest BCUT2D eigenvalue weighted by Gasteiger charge is -2.08. The van der Waals surface area contributed by atoms with Gasteiger partial charge in [0.05, 0.1) is 10.6 Å². The first kappa shape index (κ1) is 14.5. The number of rotatable bonds is 4. The summed E-state index contributed by atoms with van der Waals surface area (Å²) in [5.74, 6) is 0. The van der Waals surface area contributed by atoms with Crippen LogP contribution in [0.5, 0.6) is 0 Å². The SMILES string of the molecule is Cc1ccc(S(=O)(=O)S(=O)(=O)Nc2[c]cccc2)cc1. The van der Waals surface area contributed by atoms with Gasteiger partial charge in [0.25, 0.3) is 8.87 Å². The maximum absolute atomic E-state index is 12.1. The predicted octanol–water partition coefficient (Wildman–Crippen LogP) is 1.93. The molecule has 20 heavy (non-hydrogen) atoms. The first-order chi connectivity index (χ1) is 9.33. The third-order valence-electron chi connectivity index (χ3n) is 2.54. The Morgan fingerprint density at radius 1 is 0.950 bits per heavy atom. The van der Waals surface area contributed by atoms with E-state index in [9.17, 15) is 16.8 Å². The number of nitrogens with one attached hydrogen (secondary N) is 1. The number of hydrogen-bond acceptors (Lipinski definition) is 4. The van der Waals surface area contributed by atoms with Gasteiger partial charge in [-0.2, -0.15) is 8.42 Å². The van der Waals surface area contributed by atoms with Gasteiger partial charge in [-0.15, -0.1) is 0 Å². The largest absolute Gasteiger partial charge is 0.343 e. The molecule has 0 saturated heterocycles. The van der Waals surface area contributed by atoms with Crippen molar-refractivity contribution < 1.29 is 16.8 Å². The summed E-state index contributed by atoms with van der Waals surface area (Å²) < 4.78 is 50.2. The fraction of sp³-hybridized carbons (Fsp3) is 0.0769. The molecule has 1 radical (unpaired) electrons. The quantitative estimate of drug-likeness (QED) is 0.875. The highest BCUT2D eigenvalue weighted by Crippen LogP contribution is 2.20. The summed E-state index contributed by atoms with van der Waals surface area (Å²) in [5.41, 5.74) is 0.911. The smallest absolute Gasteiger partial charge is 0.270 e. The first-order valence-corrected chi connectivity index (χ1v) is 9.12. The van der Waals surface area contributed by atoms with Crippen LogP contribution in [-0.2, 0) is 17.9 Å². The molecule has 0 heterocycles. The minimum atomic E-state index is -4.59. The van der Waals surface area contributed by atoms with Crippen LogP contribution in [0.2, 0.25) is 0 Å². The lowest BCUT2D eigenvalue weighted by molar-refractivity contribution is 0.585. The minimum Gasteiger partial charge on any atom is -0.270 e. The summed E-state index contributed by atoms with van der Waals surface area (Å²) in [6.07, 6.45) is 0. The van der Waals surface area contributed by atoms with Gasteiger partial charge in [0.2, 0.25) is 0 Å². The molecule has 1 N–H and O–H groups in total. The molecule has 0 unspecified atom stereocenters. The van der Waals surface area contributed by atoms with Crippen LogP contribution >= 0.6 is 0 Å². The highest BCUT2D eigenvalue weighted by molar-refractivity contribution is 8.67. The molecule has 5 nitrogen and oxygen atoms in total. The summed E-state index contributed by atoms with van der Waals surface area (Å²) in [7, 11) is -9.10. The van der Waals surface area contributed by atoms with Crippen molar-refractivity contribution in [2.24, 2.45) is 0 Å². The van der Waals surface area contributed by atoms with Crippen LogP contribution in [0.1, 0.15) is 5.56 Å². The molecule has 0 aromatic heterocycles. The van der Waals surface area contributed by atoms with Crippen LogP contribution in [0.4, 0.5) is 5.69 Å². The number of para-hydroxylation sites is 1. The molecule has 0 spiro atoms. The fourth-order valence-corrected chi connectivity index (χ4v) is 4.40. The maximum Gasteiger partial charge on any atom is 0.343 e. The second-order valence-electron chi connectivity index (χ2n) is 4.10. The maximum atomic E-state index is 12.1. The van der Waals surface area contributed by atoms with Gasteiger partial charge in [0.1, 0.15) is 0 Å². The topological polar surface area (TPSA) is 80.3 Å². The second kappa shape index (κ2) is 5.26. The van der Waals surface area contributed by atoms with Gasteiger partial charge in [-0.1, -0.05) is 35.9 Å². The van der Waals surface area contributed by atoms with Gasteiger partial charge >= 0.3 is 9.06 Å². The van der Waals surface area contributed by atoms with E-state index in [0.29, 0.717) is 0 Å². The van der Waals surface area contributed by atoms with Gasteiger partial charge in [-0.05, 0) is 25.1 Å². The molecule has 0 atom stereocenters. The van der Waals surface area contributed by atoms with Crippen LogP contribution in [0.25, 0.3) is 0 Å². The van der Waals surface area contributed by atoms with Crippen LogP contribution in [0.3, 0.4) is 0 Å². The summed E-state index contributed by atoms with van der Waals surface area (Å²) in [4.78, 5) is -0.272. The molecule has 2 aromatic carbocycles. The fourth-order valence-electron chi connectivity index (χ4n) is 1.48. The second-order valence-corrected chi connectivity index (χ2v) is 9.22. The Morgan fingerprint density at radius 3 is 2.15 bits per heavy atom. The van der Waals surface area contributed by atoms with E-state index < -0.39 is 17.9 Å². The molecular weight excluding hydrogens is 298 g/mol. The highest BCUT2D eigenvalue weighted by Gasteiger charge is 2.31. The van der Waals surface area contributed by atoms with Crippen molar-refractivity contribution in [1.82, 2.24) is 0 Å². The minimum absolute atomic E-state index is 0.0724. The molecule has 0 amide bonds. The van der Waals surface area contributed by atoms with E-state index in [0.717, 1.165) is 5.56 Å². The van der Waals surface area contributed by atoms with Crippen molar-refractivity contribution >= 4 is 23.6 Å². The van der Waals surface area contributed by atoms with Crippen molar-refractivity contribution in [1.29, 1.82) is 0 Å². The third kappa shape index (κ3) is 2.83. The zero-order valence-corrected chi connectivity index (χ0v) is 12.2. The molecule has 0 saturated carbocycles. The molecule has 0 fully saturated rings. The Kier molecular flexibility index (Phi) is 3.82. The van der Waals surface area contributed by atoms with Gasteiger partial charge in [0.15, 0.2) is 0 Å². The Hall–Kier alpha value is -1.86. The zero-order valence-electron chi connectivity index (χ0n) is 10.6. The van der Waals surface area contributed by atoms with E-state index >= 15 is 0 Å². The summed E-state index contributed by atoms with van der Waals surface area (Å²) >= 11 is 0. The number of benzene rings is 2. The standard InChI is InChI=1S/C13H12NO4S2/c1-11-7-9-13(10-8-11)19(15,16)20(17,18)14-12-5-3-2-4-6-12/h2-5,7-10,14H,1H3. The van der Waals surface area contributed by atoms with Gasteiger partial charge < -0.3 is 0 Å². The Morgan fingerprint density at radius 2 is 1.60 bits per heavy atom. The van der Waals surface area contributed by atoms with Crippen molar-refractivity contribution in [2.45, 2.75) is 11.8 Å². The van der Waals surface area contributed by atoms with Crippen LogP contribution < -0.4 is 4.72 Å². The molecule has 2 aromatic rings. The lowest BCUT2D eigenvalue weighted by atomic mass is 10.2. The molecule has 105 valence electrons. The highest BCUT2D eigenvalue weighted by atomic mass is 33.2. The van der Waals surface area contributed by atoms with Crippen LogP contribution in [-0.4, -0.2) is 16.8 Å². The summed E-state index contributed by atoms with van der Waals surface area (Å²) in [5, 5.41) is 0. The van der Waals surface area contributed by atoms with E-state index in [-0.39, 0.29) is 10.6 Å². The van der Waals surface area contributed by atoms with Crippen molar-refractivity contribution in [3.63, 3.8) is 0 Å². The normalized spacial score (nSPS) is 12.1. The molecule has 2 rings (SSSR count). The third-order valence-corrected chi connectivity index (χ3v) is 7.00. The molecule has 0 aliphatic carbocycles. The average molecular weight is 310 g/mol. The summed E-state index contributed by atoms with van der Waals surface area (Å²) in [6, 6.07) is 14.3. The number of anilines is 1. The molecule has 0 bridgehead atoms. The van der Waals surface area contributed by atoms with Crippen molar-refractivity contribution in [2.75, 3.05) is 4.72 Å². The van der Waals surface area contributed by atoms with Gasteiger partial charge in [0, 0.05) is 6.07 Å².